The molecule has 0 aliphatic carbocycles. The third kappa shape index (κ3) is 3.39. The molecule has 0 radical (unpaired) electrons. The van der Waals surface area contributed by atoms with E-state index in [1.54, 1.807) is 10.5 Å². The second kappa shape index (κ2) is 6.73. The van der Waals surface area contributed by atoms with E-state index in [4.69, 9.17) is 4.98 Å². The lowest BCUT2D eigenvalue weighted by Gasteiger charge is -2.24. The first-order chi connectivity index (χ1) is 12.1. The Morgan fingerprint density at radius 2 is 2.12 bits per heavy atom. The highest BCUT2D eigenvalue weighted by atomic mass is 79.9. The summed E-state index contributed by atoms with van der Waals surface area (Å²) in [6.45, 7) is 3.72. The molecule has 25 heavy (non-hydrogen) atoms. The van der Waals surface area contributed by atoms with E-state index in [2.05, 4.69) is 45.1 Å². The van der Waals surface area contributed by atoms with Crippen molar-refractivity contribution in [1.82, 2.24) is 14.3 Å². The standard InChI is InChI=1S/C20H20BrN3O/c1-14-7-8-19-22-17(11-20(25)24(19)12-14)13-23-9-3-6-18(23)15-4-2-5-16(21)10-15/h2,4-5,7-8,10-12,18H,3,6,9,13H2,1H3/t18-/m1/s1. The van der Waals surface area contributed by atoms with Crippen LogP contribution >= 0.6 is 15.9 Å². The predicted molar refractivity (Wildman–Crippen MR) is 103 cm³/mol. The summed E-state index contributed by atoms with van der Waals surface area (Å²) in [5.41, 5.74) is 3.92. The van der Waals surface area contributed by atoms with Crippen LogP contribution in [0.4, 0.5) is 0 Å². The second-order valence-electron chi connectivity index (χ2n) is 6.70. The van der Waals surface area contributed by atoms with Crippen molar-refractivity contribution in [2.45, 2.75) is 32.4 Å². The highest BCUT2D eigenvalue weighted by Crippen LogP contribution is 2.33. The molecule has 3 heterocycles. The summed E-state index contributed by atoms with van der Waals surface area (Å²) in [7, 11) is 0. The summed E-state index contributed by atoms with van der Waals surface area (Å²) >= 11 is 3.56. The van der Waals surface area contributed by atoms with Gasteiger partial charge in [0.25, 0.3) is 5.56 Å². The Morgan fingerprint density at radius 3 is 2.96 bits per heavy atom. The number of hydrogen-bond acceptors (Lipinski definition) is 3. The van der Waals surface area contributed by atoms with E-state index >= 15 is 0 Å². The summed E-state index contributed by atoms with van der Waals surface area (Å²) in [5.74, 6) is 0. The van der Waals surface area contributed by atoms with Gasteiger partial charge in [0.2, 0.25) is 0 Å². The number of likely N-dealkylation sites (tertiary alicyclic amines) is 1. The molecular formula is C20H20BrN3O. The lowest BCUT2D eigenvalue weighted by atomic mass is 10.0. The summed E-state index contributed by atoms with van der Waals surface area (Å²) in [5, 5.41) is 0. The zero-order valence-electron chi connectivity index (χ0n) is 14.2. The second-order valence-corrected chi connectivity index (χ2v) is 7.62. The van der Waals surface area contributed by atoms with E-state index in [0.717, 1.165) is 28.7 Å². The van der Waals surface area contributed by atoms with Gasteiger partial charge >= 0.3 is 0 Å². The fourth-order valence-corrected chi connectivity index (χ4v) is 4.07. The van der Waals surface area contributed by atoms with Gasteiger partial charge in [0.1, 0.15) is 5.65 Å². The number of pyridine rings is 1. The first kappa shape index (κ1) is 16.5. The van der Waals surface area contributed by atoms with Gasteiger partial charge in [-0.25, -0.2) is 4.98 Å². The molecule has 1 aliphatic heterocycles. The number of benzene rings is 1. The Morgan fingerprint density at radius 1 is 1.24 bits per heavy atom. The number of aryl methyl sites for hydroxylation is 1. The SMILES string of the molecule is Cc1ccc2nc(CN3CCC[C@@H]3c3cccc(Br)c3)cc(=O)n2c1. The van der Waals surface area contributed by atoms with Gasteiger partial charge in [-0.1, -0.05) is 34.1 Å². The third-order valence-corrected chi connectivity index (χ3v) is 5.32. The summed E-state index contributed by atoms with van der Waals surface area (Å²) in [4.78, 5) is 19.5. The van der Waals surface area contributed by atoms with Gasteiger partial charge < -0.3 is 0 Å². The minimum absolute atomic E-state index is 0.0121. The lowest BCUT2D eigenvalue weighted by molar-refractivity contribution is 0.245. The van der Waals surface area contributed by atoms with Gasteiger partial charge in [0, 0.05) is 29.3 Å². The van der Waals surface area contributed by atoms with E-state index in [1.807, 2.05) is 25.3 Å². The average molecular weight is 398 g/mol. The number of nitrogens with zero attached hydrogens (tertiary/aromatic N) is 3. The first-order valence-corrected chi connectivity index (χ1v) is 9.38. The summed E-state index contributed by atoms with van der Waals surface area (Å²) in [6, 6.07) is 14.5. The van der Waals surface area contributed by atoms with Crippen LogP contribution in [0.1, 0.15) is 35.7 Å². The molecule has 3 aromatic rings. The van der Waals surface area contributed by atoms with Crippen molar-refractivity contribution in [2.24, 2.45) is 0 Å². The fraction of sp³-hybridized carbons (Fsp3) is 0.300. The molecule has 1 saturated heterocycles. The van der Waals surface area contributed by atoms with Gasteiger partial charge in [0.15, 0.2) is 0 Å². The Labute approximate surface area is 155 Å². The Bertz CT molecular complexity index is 982. The lowest BCUT2D eigenvalue weighted by Crippen LogP contribution is -2.25. The van der Waals surface area contributed by atoms with Crippen molar-refractivity contribution in [3.05, 3.63) is 80.3 Å². The Kier molecular flexibility index (Phi) is 4.44. The molecule has 4 rings (SSSR count). The van der Waals surface area contributed by atoms with Crippen LogP contribution in [0.25, 0.3) is 5.65 Å². The Balaban J connectivity index is 1.64. The van der Waals surface area contributed by atoms with Crippen LogP contribution in [0.3, 0.4) is 0 Å². The summed E-state index contributed by atoms with van der Waals surface area (Å²) < 4.78 is 2.73. The Hall–Kier alpha value is -1.98. The molecule has 128 valence electrons. The maximum absolute atomic E-state index is 12.4. The summed E-state index contributed by atoms with van der Waals surface area (Å²) in [6.07, 6.45) is 4.15. The van der Waals surface area contributed by atoms with E-state index in [1.165, 1.54) is 12.0 Å². The largest absolute Gasteiger partial charge is 0.291 e. The van der Waals surface area contributed by atoms with Crippen molar-refractivity contribution < 1.29 is 0 Å². The maximum atomic E-state index is 12.4. The van der Waals surface area contributed by atoms with E-state index < -0.39 is 0 Å². The molecule has 0 amide bonds. The van der Waals surface area contributed by atoms with Gasteiger partial charge in [0.05, 0.1) is 5.69 Å². The van der Waals surface area contributed by atoms with Crippen molar-refractivity contribution >= 4 is 21.6 Å². The molecule has 2 aromatic heterocycles. The molecule has 1 aliphatic rings. The van der Waals surface area contributed by atoms with Crippen LogP contribution in [-0.4, -0.2) is 20.8 Å². The molecule has 1 atom stereocenters. The van der Waals surface area contributed by atoms with Crippen molar-refractivity contribution in [3.8, 4) is 0 Å². The van der Waals surface area contributed by atoms with Crippen LogP contribution in [0.2, 0.25) is 0 Å². The van der Waals surface area contributed by atoms with E-state index in [-0.39, 0.29) is 5.56 Å². The number of rotatable bonds is 3. The quantitative estimate of drug-likeness (QED) is 0.667. The van der Waals surface area contributed by atoms with Crippen LogP contribution in [0.15, 0.2) is 57.9 Å². The molecule has 0 N–H and O–H groups in total. The van der Waals surface area contributed by atoms with Gasteiger partial charge in [-0.3, -0.25) is 14.1 Å². The fourth-order valence-electron chi connectivity index (χ4n) is 3.65. The van der Waals surface area contributed by atoms with Crippen LogP contribution in [0, 0.1) is 6.92 Å². The number of hydrogen-bond donors (Lipinski definition) is 0. The molecule has 0 spiro atoms. The smallest absolute Gasteiger partial charge is 0.258 e. The van der Waals surface area contributed by atoms with Gasteiger partial charge in [-0.2, -0.15) is 0 Å². The van der Waals surface area contributed by atoms with Gasteiger partial charge in [-0.15, -0.1) is 0 Å². The minimum atomic E-state index is -0.0121. The zero-order valence-corrected chi connectivity index (χ0v) is 15.7. The average Bonchev–Trinajstić information content (AvgIpc) is 3.04. The van der Waals surface area contributed by atoms with Crippen molar-refractivity contribution in [3.63, 3.8) is 0 Å². The molecule has 1 fully saturated rings. The van der Waals surface area contributed by atoms with Crippen molar-refractivity contribution in [1.29, 1.82) is 0 Å². The highest BCUT2D eigenvalue weighted by molar-refractivity contribution is 9.10. The minimum Gasteiger partial charge on any atom is -0.291 e. The normalized spacial score (nSPS) is 18.1. The highest BCUT2D eigenvalue weighted by Gasteiger charge is 2.26. The number of halogens is 1. The maximum Gasteiger partial charge on any atom is 0.258 e. The van der Waals surface area contributed by atoms with Crippen LogP contribution in [-0.2, 0) is 6.54 Å². The first-order valence-electron chi connectivity index (χ1n) is 8.58. The monoisotopic (exact) mass is 397 g/mol. The topological polar surface area (TPSA) is 37.6 Å². The number of aromatic nitrogens is 2. The molecule has 0 unspecified atom stereocenters. The molecule has 0 saturated carbocycles. The van der Waals surface area contributed by atoms with Crippen LogP contribution in [0.5, 0.6) is 0 Å². The molecule has 5 heteroatoms. The molecule has 0 bridgehead atoms. The molecule has 4 nitrogen and oxygen atoms in total. The van der Waals surface area contributed by atoms with Crippen molar-refractivity contribution in [2.75, 3.05) is 6.54 Å². The predicted octanol–water partition coefficient (Wildman–Crippen LogP) is 4.10. The zero-order chi connectivity index (χ0) is 17.4. The number of fused-ring (bicyclic) bond motifs is 1. The third-order valence-electron chi connectivity index (χ3n) is 4.82. The van der Waals surface area contributed by atoms with E-state index in [0.29, 0.717) is 18.2 Å². The molecular weight excluding hydrogens is 378 g/mol. The van der Waals surface area contributed by atoms with Crippen LogP contribution < -0.4 is 5.56 Å². The van der Waals surface area contributed by atoms with Gasteiger partial charge in [-0.05, 0) is 55.6 Å². The molecule has 1 aromatic carbocycles. The van der Waals surface area contributed by atoms with E-state index in [9.17, 15) is 4.79 Å².